The summed E-state index contributed by atoms with van der Waals surface area (Å²) in [5.41, 5.74) is 3.98. The van der Waals surface area contributed by atoms with E-state index < -0.39 is 0 Å². The van der Waals surface area contributed by atoms with Crippen molar-refractivity contribution in [2.45, 2.75) is 18.9 Å². The molecule has 25 heavy (non-hydrogen) atoms. The lowest BCUT2D eigenvalue weighted by molar-refractivity contribution is 0.310. The van der Waals surface area contributed by atoms with Crippen molar-refractivity contribution < 1.29 is 0 Å². The van der Waals surface area contributed by atoms with E-state index in [1.54, 1.807) is 0 Å². The van der Waals surface area contributed by atoms with Crippen molar-refractivity contribution in [3.8, 4) is 0 Å². The molecule has 0 N–H and O–H groups in total. The second-order valence-electron chi connectivity index (χ2n) is 6.91. The molecule has 1 saturated heterocycles. The Kier molecular flexibility index (Phi) is 4.89. The first kappa shape index (κ1) is 16.0. The summed E-state index contributed by atoms with van der Waals surface area (Å²) in [5.74, 6) is 0.990. The maximum Gasteiger partial charge on any atom is 0.0481 e. The minimum atomic E-state index is 0.378. The highest BCUT2D eigenvalue weighted by molar-refractivity contribution is 5.30. The predicted molar refractivity (Wildman–Crippen MR) is 102 cm³/mol. The molecule has 1 fully saturated rings. The van der Waals surface area contributed by atoms with Crippen LogP contribution in [0.15, 0.2) is 85.1 Å². The number of benzene rings is 2. The fraction of sp³-hybridized carbons (Fsp3) is 0.261. The zero-order valence-electron chi connectivity index (χ0n) is 14.5. The Morgan fingerprint density at radius 3 is 2.32 bits per heavy atom. The summed E-state index contributed by atoms with van der Waals surface area (Å²) < 4.78 is 0. The fourth-order valence-corrected chi connectivity index (χ4v) is 4.02. The third kappa shape index (κ3) is 3.80. The van der Waals surface area contributed by atoms with Gasteiger partial charge in [-0.05, 0) is 42.1 Å². The first-order valence-corrected chi connectivity index (χ1v) is 9.12. The van der Waals surface area contributed by atoms with Gasteiger partial charge in [-0.2, -0.15) is 0 Å². The molecule has 0 aliphatic carbocycles. The summed E-state index contributed by atoms with van der Waals surface area (Å²) in [6.45, 7) is 3.34. The third-order valence-corrected chi connectivity index (χ3v) is 5.19. The van der Waals surface area contributed by atoms with E-state index in [2.05, 4.69) is 77.7 Å². The molecule has 0 saturated carbocycles. The van der Waals surface area contributed by atoms with Crippen LogP contribution in [0.4, 0.5) is 0 Å². The summed E-state index contributed by atoms with van der Waals surface area (Å²) in [7, 11) is 0. The molecule has 2 nitrogen and oxygen atoms in total. The van der Waals surface area contributed by atoms with Gasteiger partial charge in [0, 0.05) is 30.9 Å². The van der Waals surface area contributed by atoms with Crippen LogP contribution in [-0.4, -0.2) is 23.0 Å². The second kappa shape index (κ2) is 7.62. The van der Waals surface area contributed by atoms with Crippen molar-refractivity contribution in [1.82, 2.24) is 9.88 Å². The molecule has 126 valence electrons. The van der Waals surface area contributed by atoms with Crippen molar-refractivity contribution in [3.05, 3.63) is 102 Å². The first-order chi connectivity index (χ1) is 12.4. The van der Waals surface area contributed by atoms with Gasteiger partial charge in [0.25, 0.3) is 0 Å². The minimum Gasteiger partial charge on any atom is -0.299 e. The lowest BCUT2D eigenvalue weighted by Crippen LogP contribution is -2.23. The van der Waals surface area contributed by atoms with Crippen LogP contribution in [0.1, 0.15) is 29.2 Å². The lowest BCUT2D eigenvalue weighted by atomic mass is 9.82. The number of likely N-dealkylation sites (tertiary alicyclic amines) is 1. The van der Waals surface area contributed by atoms with Gasteiger partial charge in [-0.25, -0.2) is 0 Å². The highest BCUT2D eigenvalue weighted by Gasteiger charge is 2.32. The first-order valence-electron chi connectivity index (χ1n) is 9.12. The van der Waals surface area contributed by atoms with E-state index in [9.17, 15) is 0 Å². The number of rotatable bonds is 5. The minimum absolute atomic E-state index is 0.378. The van der Waals surface area contributed by atoms with E-state index in [1.165, 1.54) is 23.2 Å². The normalized spacial score (nSPS) is 19.0. The van der Waals surface area contributed by atoms with Crippen molar-refractivity contribution in [2.75, 3.05) is 13.1 Å². The van der Waals surface area contributed by atoms with Gasteiger partial charge in [0.2, 0.25) is 0 Å². The Hall–Kier alpha value is -2.45. The van der Waals surface area contributed by atoms with E-state index >= 15 is 0 Å². The highest BCUT2D eigenvalue weighted by Crippen LogP contribution is 2.36. The van der Waals surface area contributed by atoms with Gasteiger partial charge in [0.05, 0.1) is 0 Å². The van der Waals surface area contributed by atoms with Gasteiger partial charge in [-0.15, -0.1) is 0 Å². The largest absolute Gasteiger partial charge is 0.299 e. The van der Waals surface area contributed by atoms with Crippen molar-refractivity contribution in [1.29, 1.82) is 0 Å². The van der Waals surface area contributed by atoms with E-state index in [4.69, 9.17) is 4.98 Å². The number of aromatic nitrogens is 1. The van der Waals surface area contributed by atoms with E-state index in [0.717, 1.165) is 19.6 Å². The van der Waals surface area contributed by atoms with Gasteiger partial charge < -0.3 is 0 Å². The Bertz CT molecular complexity index is 731. The molecular formula is C23H24N2. The maximum absolute atomic E-state index is 4.69. The Morgan fingerprint density at radius 1 is 0.880 bits per heavy atom. The maximum atomic E-state index is 4.69. The van der Waals surface area contributed by atoms with Crippen LogP contribution in [0.3, 0.4) is 0 Å². The van der Waals surface area contributed by atoms with Crippen molar-refractivity contribution >= 4 is 0 Å². The third-order valence-electron chi connectivity index (χ3n) is 5.19. The molecule has 4 rings (SSSR count). The topological polar surface area (TPSA) is 16.1 Å². The average molecular weight is 328 g/mol. The molecule has 1 aromatic heterocycles. The molecule has 3 aromatic rings. The zero-order chi connectivity index (χ0) is 16.9. The lowest BCUT2D eigenvalue weighted by Gasteiger charge is -2.24. The quantitative estimate of drug-likeness (QED) is 0.673. The van der Waals surface area contributed by atoms with Crippen molar-refractivity contribution in [2.24, 2.45) is 5.92 Å². The molecule has 0 bridgehead atoms. The van der Waals surface area contributed by atoms with Crippen LogP contribution in [0.5, 0.6) is 0 Å². The number of hydrogen-bond acceptors (Lipinski definition) is 2. The smallest absolute Gasteiger partial charge is 0.0481 e. The van der Waals surface area contributed by atoms with Gasteiger partial charge in [-0.3, -0.25) is 9.88 Å². The number of pyridine rings is 1. The summed E-state index contributed by atoms with van der Waals surface area (Å²) in [5, 5.41) is 0. The molecule has 1 aliphatic heterocycles. The molecule has 0 amide bonds. The zero-order valence-corrected chi connectivity index (χ0v) is 14.5. The Balaban J connectivity index is 1.55. The monoisotopic (exact) mass is 328 g/mol. The second-order valence-corrected chi connectivity index (χ2v) is 6.91. The van der Waals surface area contributed by atoms with E-state index in [0.29, 0.717) is 11.8 Å². The summed E-state index contributed by atoms with van der Waals surface area (Å²) in [6, 6.07) is 27.9. The molecule has 1 aliphatic rings. The Labute approximate surface area is 150 Å². The number of hydrogen-bond donors (Lipinski definition) is 0. The van der Waals surface area contributed by atoms with Crippen LogP contribution < -0.4 is 0 Å². The molecule has 2 atom stereocenters. The molecular weight excluding hydrogens is 304 g/mol. The molecule has 0 radical (unpaired) electrons. The molecule has 2 heterocycles. The average Bonchev–Trinajstić information content (AvgIpc) is 3.12. The number of nitrogens with zero attached hydrogens (tertiary/aromatic N) is 2. The summed E-state index contributed by atoms with van der Waals surface area (Å²) in [6.07, 6.45) is 3.14. The predicted octanol–water partition coefficient (Wildman–Crippen LogP) is 4.74. The van der Waals surface area contributed by atoms with Gasteiger partial charge >= 0.3 is 0 Å². The Morgan fingerprint density at radius 2 is 1.60 bits per heavy atom. The summed E-state index contributed by atoms with van der Waals surface area (Å²) >= 11 is 0. The SMILES string of the molecule is c1ccc(CN2CCC(C(c3ccccc3)c3ccccn3)C2)cc1. The van der Waals surface area contributed by atoms with E-state index in [1.807, 2.05) is 12.3 Å². The standard InChI is InChI=1S/C23H24N2/c1-3-9-19(10-4-1)17-25-16-14-21(18-25)23(20-11-5-2-6-12-20)22-13-7-8-15-24-22/h1-13,15,21,23H,14,16-18H2. The van der Waals surface area contributed by atoms with Crippen molar-refractivity contribution in [3.63, 3.8) is 0 Å². The molecule has 2 aromatic carbocycles. The van der Waals surface area contributed by atoms with E-state index in [-0.39, 0.29) is 0 Å². The van der Waals surface area contributed by atoms with Gasteiger partial charge in [-0.1, -0.05) is 66.7 Å². The van der Waals surface area contributed by atoms with Gasteiger partial charge in [0.1, 0.15) is 0 Å². The van der Waals surface area contributed by atoms with Crippen LogP contribution in [0, 0.1) is 5.92 Å². The van der Waals surface area contributed by atoms with Crippen LogP contribution in [0.25, 0.3) is 0 Å². The highest BCUT2D eigenvalue weighted by atomic mass is 15.1. The van der Waals surface area contributed by atoms with Crippen LogP contribution in [0.2, 0.25) is 0 Å². The van der Waals surface area contributed by atoms with Crippen LogP contribution in [-0.2, 0) is 6.54 Å². The fourth-order valence-electron chi connectivity index (χ4n) is 4.02. The molecule has 2 unspecified atom stereocenters. The van der Waals surface area contributed by atoms with Gasteiger partial charge in [0.15, 0.2) is 0 Å². The molecule has 0 spiro atoms. The molecule has 2 heteroatoms. The summed E-state index contributed by atoms with van der Waals surface area (Å²) in [4.78, 5) is 7.27. The van der Waals surface area contributed by atoms with Crippen LogP contribution >= 0.6 is 0 Å².